The van der Waals surface area contributed by atoms with E-state index in [0.717, 1.165) is 27.3 Å². The first-order chi connectivity index (χ1) is 10.1. The molecule has 1 heterocycles. The normalized spacial score (nSPS) is 14.2. The first kappa shape index (κ1) is 14.2. The number of hydrogen-bond donors (Lipinski definition) is 1. The summed E-state index contributed by atoms with van der Waals surface area (Å²) >= 11 is 6.25. The number of nitrogens with one attached hydrogen (secondary N) is 1. The van der Waals surface area contributed by atoms with E-state index in [9.17, 15) is 0 Å². The molecule has 0 aliphatic carbocycles. The van der Waals surface area contributed by atoms with Crippen LogP contribution in [0.1, 0.15) is 37.3 Å². The highest BCUT2D eigenvalue weighted by Gasteiger charge is 2.16. The van der Waals surface area contributed by atoms with Crippen molar-refractivity contribution in [2.45, 2.75) is 25.9 Å². The largest absolute Gasteiger partial charge is 0.459 e. The summed E-state index contributed by atoms with van der Waals surface area (Å²) < 4.78 is 5.90. The fourth-order valence-electron chi connectivity index (χ4n) is 2.59. The predicted molar refractivity (Wildman–Crippen MR) is 87.6 cm³/mol. The van der Waals surface area contributed by atoms with Crippen LogP contribution in [0.4, 0.5) is 0 Å². The number of hydrogen-bond acceptors (Lipinski definition) is 2. The standard InChI is InChI=1S/C18H18ClNO/c1-12(15-8-4-5-9-16(15)19)20-13(2)18-11-14-7-3-6-10-17(14)21-18/h3-13,20H,1-2H3/t12-,13?/m0/s1. The van der Waals surface area contributed by atoms with E-state index in [0.29, 0.717) is 0 Å². The van der Waals surface area contributed by atoms with Gasteiger partial charge in [-0.15, -0.1) is 0 Å². The van der Waals surface area contributed by atoms with E-state index in [1.165, 1.54) is 0 Å². The molecule has 2 nitrogen and oxygen atoms in total. The minimum atomic E-state index is 0.115. The van der Waals surface area contributed by atoms with Crippen LogP contribution in [0.5, 0.6) is 0 Å². The van der Waals surface area contributed by atoms with E-state index in [2.05, 4.69) is 31.3 Å². The number of furan rings is 1. The Balaban J connectivity index is 1.79. The van der Waals surface area contributed by atoms with Gasteiger partial charge in [-0.25, -0.2) is 0 Å². The second kappa shape index (κ2) is 5.92. The molecule has 1 aromatic heterocycles. The monoisotopic (exact) mass is 299 g/mol. The minimum Gasteiger partial charge on any atom is -0.459 e. The molecule has 3 rings (SSSR count). The van der Waals surface area contributed by atoms with Crippen LogP contribution in [-0.4, -0.2) is 0 Å². The van der Waals surface area contributed by atoms with Gasteiger partial charge in [0.1, 0.15) is 11.3 Å². The molecule has 1 N–H and O–H groups in total. The molecule has 3 aromatic rings. The molecule has 0 spiro atoms. The second-order valence-electron chi connectivity index (χ2n) is 5.32. The molecular formula is C18H18ClNO. The number of para-hydroxylation sites is 1. The van der Waals surface area contributed by atoms with Crippen molar-refractivity contribution in [1.29, 1.82) is 0 Å². The molecule has 0 bridgehead atoms. The van der Waals surface area contributed by atoms with Gasteiger partial charge in [0.15, 0.2) is 0 Å². The smallest absolute Gasteiger partial charge is 0.134 e. The summed E-state index contributed by atoms with van der Waals surface area (Å²) in [4.78, 5) is 0. The van der Waals surface area contributed by atoms with Crippen LogP contribution in [0, 0.1) is 0 Å². The van der Waals surface area contributed by atoms with Crippen molar-refractivity contribution in [3.05, 3.63) is 70.9 Å². The highest BCUT2D eigenvalue weighted by Crippen LogP contribution is 2.28. The molecule has 0 aliphatic heterocycles. The van der Waals surface area contributed by atoms with Crippen molar-refractivity contribution in [3.8, 4) is 0 Å². The van der Waals surface area contributed by atoms with E-state index in [1.54, 1.807) is 0 Å². The summed E-state index contributed by atoms with van der Waals surface area (Å²) in [5.41, 5.74) is 2.02. The molecule has 108 valence electrons. The van der Waals surface area contributed by atoms with Crippen molar-refractivity contribution in [1.82, 2.24) is 5.32 Å². The topological polar surface area (TPSA) is 25.2 Å². The van der Waals surface area contributed by atoms with Crippen LogP contribution in [0.2, 0.25) is 5.02 Å². The van der Waals surface area contributed by atoms with Crippen molar-refractivity contribution in [2.24, 2.45) is 0 Å². The van der Waals surface area contributed by atoms with Crippen molar-refractivity contribution >= 4 is 22.6 Å². The van der Waals surface area contributed by atoms with E-state index in [-0.39, 0.29) is 12.1 Å². The van der Waals surface area contributed by atoms with Gasteiger partial charge in [-0.05, 0) is 37.6 Å². The summed E-state index contributed by atoms with van der Waals surface area (Å²) in [6.07, 6.45) is 0. The molecule has 0 aliphatic rings. The maximum absolute atomic E-state index is 6.25. The molecule has 0 radical (unpaired) electrons. The van der Waals surface area contributed by atoms with E-state index in [1.807, 2.05) is 42.5 Å². The summed E-state index contributed by atoms with van der Waals surface area (Å²) in [7, 11) is 0. The lowest BCUT2D eigenvalue weighted by Gasteiger charge is -2.19. The average molecular weight is 300 g/mol. The predicted octanol–water partition coefficient (Wildman–Crippen LogP) is 5.50. The van der Waals surface area contributed by atoms with Crippen LogP contribution >= 0.6 is 11.6 Å². The molecule has 0 fully saturated rings. The van der Waals surface area contributed by atoms with E-state index in [4.69, 9.17) is 16.0 Å². The molecule has 0 amide bonds. The van der Waals surface area contributed by atoms with Gasteiger partial charge in [0.2, 0.25) is 0 Å². The summed E-state index contributed by atoms with van der Waals surface area (Å²) in [5.74, 6) is 0.940. The third-order valence-corrected chi connectivity index (χ3v) is 4.09. The Morgan fingerprint density at radius 2 is 1.67 bits per heavy atom. The van der Waals surface area contributed by atoms with Crippen LogP contribution in [0.15, 0.2) is 59.0 Å². The summed E-state index contributed by atoms with van der Waals surface area (Å²) in [5, 5.41) is 5.45. The third kappa shape index (κ3) is 2.97. The highest BCUT2D eigenvalue weighted by atomic mass is 35.5. The molecule has 1 unspecified atom stereocenters. The molecule has 3 heteroatoms. The minimum absolute atomic E-state index is 0.115. The van der Waals surface area contributed by atoms with E-state index >= 15 is 0 Å². The highest BCUT2D eigenvalue weighted by molar-refractivity contribution is 6.31. The lowest BCUT2D eigenvalue weighted by atomic mass is 10.1. The number of benzene rings is 2. The van der Waals surface area contributed by atoms with E-state index < -0.39 is 0 Å². The van der Waals surface area contributed by atoms with Crippen molar-refractivity contribution in [2.75, 3.05) is 0 Å². The maximum atomic E-state index is 6.25. The Morgan fingerprint density at radius 3 is 2.43 bits per heavy atom. The van der Waals surface area contributed by atoms with Gasteiger partial charge in [-0.2, -0.15) is 0 Å². The molecule has 0 saturated carbocycles. The van der Waals surface area contributed by atoms with Gasteiger partial charge < -0.3 is 9.73 Å². The van der Waals surface area contributed by atoms with Crippen LogP contribution in [-0.2, 0) is 0 Å². The van der Waals surface area contributed by atoms with Crippen molar-refractivity contribution < 1.29 is 4.42 Å². The first-order valence-electron chi connectivity index (χ1n) is 7.14. The Hall–Kier alpha value is -1.77. The van der Waals surface area contributed by atoms with Gasteiger partial charge in [0.25, 0.3) is 0 Å². The van der Waals surface area contributed by atoms with Crippen LogP contribution in [0.25, 0.3) is 11.0 Å². The Kier molecular flexibility index (Phi) is 4.00. The van der Waals surface area contributed by atoms with Gasteiger partial charge in [-0.3, -0.25) is 0 Å². The van der Waals surface area contributed by atoms with Crippen LogP contribution in [0.3, 0.4) is 0 Å². The van der Waals surface area contributed by atoms with Crippen molar-refractivity contribution in [3.63, 3.8) is 0 Å². The fourth-order valence-corrected chi connectivity index (χ4v) is 2.89. The average Bonchev–Trinajstić information content (AvgIpc) is 2.91. The van der Waals surface area contributed by atoms with Gasteiger partial charge in [0.05, 0.1) is 6.04 Å². The Bertz CT molecular complexity index is 717. The lowest BCUT2D eigenvalue weighted by molar-refractivity contribution is 0.417. The van der Waals surface area contributed by atoms with Gasteiger partial charge >= 0.3 is 0 Å². The van der Waals surface area contributed by atoms with Gasteiger partial charge in [-0.1, -0.05) is 48.0 Å². The maximum Gasteiger partial charge on any atom is 0.134 e. The molecular weight excluding hydrogens is 282 g/mol. The SMILES string of the molecule is CC(N[C@@H](C)c1ccccc1Cl)c1cc2ccccc2o1. The zero-order valence-electron chi connectivity index (χ0n) is 12.1. The summed E-state index contributed by atoms with van der Waals surface area (Å²) in [6, 6.07) is 18.3. The van der Waals surface area contributed by atoms with Gasteiger partial charge in [0, 0.05) is 16.5 Å². The first-order valence-corrected chi connectivity index (χ1v) is 7.52. The Morgan fingerprint density at radius 1 is 0.952 bits per heavy atom. The number of fused-ring (bicyclic) bond motifs is 1. The molecule has 21 heavy (non-hydrogen) atoms. The molecule has 2 atom stereocenters. The number of halogens is 1. The number of rotatable bonds is 4. The zero-order valence-corrected chi connectivity index (χ0v) is 12.9. The molecule has 2 aromatic carbocycles. The zero-order chi connectivity index (χ0) is 14.8. The quantitative estimate of drug-likeness (QED) is 0.688. The summed E-state index contributed by atoms with van der Waals surface area (Å²) in [6.45, 7) is 4.21. The molecule has 0 saturated heterocycles. The second-order valence-corrected chi connectivity index (χ2v) is 5.73. The fraction of sp³-hybridized carbons (Fsp3) is 0.222. The third-order valence-electron chi connectivity index (χ3n) is 3.74. The Labute approximate surface area is 129 Å². The van der Waals surface area contributed by atoms with Crippen LogP contribution < -0.4 is 5.32 Å². The lowest BCUT2D eigenvalue weighted by Crippen LogP contribution is -2.22.